The molecule has 77 heavy (non-hydrogen) atoms. The number of hydrogen-bond acceptors (Lipinski definition) is 6. The Morgan fingerprint density at radius 2 is 0.506 bits per heavy atom. The molecule has 0 aliphatic rings. The van der Waals surface area contributed by atoms with Gasteiger partial charge in [0.1, 0.15) is 13.2 Å². The Kier molecular flexibility index (Phi) is 61.3. The zero-order valence-electron chi connectivity index (χ0n) is 50.4. The van der Waals surface area contributed by atoms with Crippen LogP contribution in [0.15, 0.2) is 109 Å². The summed E-state index contributed by atoms with van der Waals surface area (Å²) >= 11 is 0. The molecule has 0 spiro atoms. The Morgan fingerprint density at radius 1 is 0.273 bits per heavy atom. The Balaban J connectivity index is 4.43. The summed E-state index contributed by atoms with van der Waals surface area (Å²) in [6.07, 6.45) is 88.0. The molecule has 0 aromatic heterocycles. The van der Waals surface area contributed by atoms with Gasteiger partial charge in [0.05, 0.1) is 0 Å². The molecule has 0 aliphatic heterocycles. The molecule has 0 radical (unpaired) electrons. The minimum Gasteiger partial charge on any atom is -0.462 e. The molecule has 6 heteroatoms. The zero-order chi connectivity index (χ0) is 55.7. The predicted octanol–water partition coefficient (Wildman–Crippen LogP) is 22.2. The fraction of sp³-hybridized carbons (Fsp3) is 0.704. The summed E-state index contributed by atoms with van der Waals surface area (Å²) in [6, 6.07) is 0. The van der Waals surface area contributed by atoms with E-state index in [0.717, 1.165) is 128 Å². The summed E-state index contributed by atoms with van der Waals surface area (Å²) in [5, 5.41) is 0. The van der Waals surface area contributed by atoms with Crippen LogP contribution in [-0.2, 0) is 28.6 Å². The second-order valence-electron chi connectivity index (χ2n) is 21.3. The lowest BCUT2D eigenvalue weighted by Gasteiger charge is -2.18. The molecule has 0 heterocycles. The molecule has 1 unspecified atom stereocenters. The highest BCUT2D eigenvalue weighted by Crippen LogP contribution is 2.15. The molecule has 0 fully saturated rings. The van der Waals surface area contributed by atoms with Crippen LogP contribution in [-0.4, -0.2) is 37.2 Å². The van der Waals surface area contributed by atoms with Crippen molar-refractivity contribution in [2.75, 3.05) is 13.2 Å². The second-order valence-corrected chi connectivity index (χ2v) is 21.3. The molecule has 0 aromatic rings. The Labute approximate surface area is 476 Å². The van der Waals surface area contributed by atoms with Crippen molar-refractivity contribution in [1.82, 2.24) is 0 Å². The van der Waals surface area contributed by atoms with Gasteiger partial charge in [-0.3, -0.25) is 14.4 Å². The molecule has 0 aliphatic carbocycles. The van der Waals surface area contributed by atoms with Crippen molar-refractivity contribution in [2.24, 2.45) is 0 Å². The van der Waals surface area contributed by atoms with Crippen molar-refractivity contribution >= 4 is 17.9 Å². The fourth-order valence-electron chi connectivity index (χ4n) is 8.88. The van der Waals surface area contributed by atoms with Crippen molar-refractivity contribution in [3.63, 3.8) is 0 Å². The molecule has 6 nitrogen and oxygen atoms in total. The molecule has 0 rings (SSSR count). The van der Waals surface area contributed by atoms with E-state index < -0.39 is 6.10 Å². The Morgan fingerprint density at radius 3 is 0.818 bits per heavy atom. The highest BCUT2D eigenvalue weighted by molar-refractivity contribution is 5.71. The Bertz CT molecular complexity index is 1560. The van der Waals surface area contributed by atoms with Gasteiger partial charge < -0.3 is 14.2 Å². The van der Waals surface area contributed by atoms with Crippen LogP contribution < -0.4 is 0 Å². The van der Waals surface area contributed by atoms with Crippen LogP contribution in [0.3, 0.4) is 0 Å². The molecule has 0 bridgehead atoms. The highest BCUT2D eigenvalue weighted by atomic mass is 16.6. The van der Waals surface area contributed by atoms with Crippen LogP contribution in [0.1, 0.15) is 303 Å². The van der Waals surface area contributed by atoms with Crippen molar-refractivity contribution in [3.8, 4) is 0 Å². The smallest absolute Gasteiger partial charge is 0.306 e. The largest absolute Gasteiger partial charge is 0.462 e. The SMILES string of the molecule is CC/C=C\C/C=C\C/C=C\C/C=C\CCCCCCC(=O)OCC(COC(=O)CCCCCCCCCCCCC/C=C\C/C=C\CCCCCCC)OC(=O)CCCCCCCC/C=C\C/C=C\C/C=C\CCCCC. The van der Waals surface area contributed by atoms with Crippen LogP contribution in [0.2, 0.25) is 0 Å². The van der Waals surface area contributed by atoms with E-state index in [4.69, 9.17) is 14.2 Å². The molecular weight excluding hydrogens is 949 g/mol. The maximum absolute atomic E-state index is 12.9. The van der Waals surface area contributed by atoms with Crippen LogP contribution in [0, 0.1) is 0 Å². The molecule has 0 saturated carbocycles. The predicted molar refractivity (Wildman–Crippen MR) is 334 cm³/mol. The molecule has 0 amide bonds. The molecule has 0 N–H and O–H groups in total. The summed E-state index contributed by atoms with van der Waals surface area (Å²) in [6.45, 7) is 6.48. The normalized spacial score (nSPS) is 12.8. The Hall–Kier alpha value is -3.93. The van der Waals surface area contributed by atoms with Crippen LogP contribution >= 0.6 is 0 Å². The van der Waals surface area contributed by atoms with E-state index in [1.807, 2.05) is 0 Å². The van der Waals surface area contributed by atoms with E-state index in [2.05, 4.69) is 130 Å². The van der Waals surface area contributed by atoms with Crippen LogP contribution in [0.4, 0.5) is 0 Å². The molecule has 440 valence electrons. The van der Waals surface area contributed by atoms with Gasteiger partial charge in [0.25, 0.3) is 0 Å². The first-order valence-electron chi connectivity index (χ1n) is 32.4. The molecule has 1 atom stereocenters. The fourth-order valence-corrected chi connectivity index (χ4v) is 8.88. The lowest BCUT2D eigenvalue weighted by Crippen LogP contribution is -2.30. The zero-order valence-corrected chi connectivity index (χ0v) is 50.4. The van der Waals surface area contributed by atoms with Crippen LogP contribution in [0.25, 0.3) is 0 Å². The quantitative estimate of drug-likeness (QED) is 0.0261. The number of ether oxygens (including phenoxy) is 3. The van der Waals surface area contributed by atoms with Gasteiger partial charge in [0.2, 0.25) is 0 Å². The van der Waals surface area contributed by atoms with E-state index in [1.54, 1.807) is 0 Å². The van der Waals surface area contributed by atoms with Gasteiger partial charge in [0.15, 0.2) is 6.10 Å². The summed E-state index contributed by atoms with van der Waals surface area (Å²) in [5.41, 5.74) is 0. The third kappa shape index (κ3) is 62.8. The number of rotatable bonds is 58. The van der Waals surface area contributed by atoms with Crippen molar-refractivity contribution < 1.29 is 28.6 Å². The minimum absolute atomic E-state index is 0.0932. The number of unbranched alkanes of at least 4 members (excludes halogenated alkanes) is 29. The number of allylic oxidation sites excluding steroid dienone is 18. The summed E-state index contributed by atoms with van der Waals surface area (Å²) in [7, 11) is 0. The van der Waals surface area contributed by atoms with Crippen LogP contribution in [0.5, 0.6) is 0 Å². The summed E-state index contributed by atoms with van der Waals surface area (Å²) in [4.78, 5) is 38.4. The van der Waals surface area contributed by atoms with Crippen molar-refractivity contribution in [2.45, 2.75) is 309 Å². The molecular formula is C71H120O6. The summed E-state index contributed by atoms with van der Waals surface area (Å²) < 4.78 is 16.9. The minimum atomic E-state index is -0.800. The first-order chi connectivity index (χ1) is 38.0. The molecule has 0 saturated heterocycles. The number of esters is 3. The topological polar surface area (TPSA) is 78.9 Å². The third-order valence-corrected chi connectivity index (χ3v) is 13.7. The van der Waals surface area contributed by atoms with E-state index in [-0.39, 0.29) is 31.1 Å². The average Bonchev–Trinajstić information content (AvgIpc) is 3.43. The van der Waals surface area contributed by atoms with Gasteiger partial charge in [-0.05, 0) is 128 Å². The van der Waals surface area contributed by atoms with Crippen molar-refractivity contribution in [1.29, 1.82) is 0 Å². The maximum atomic E-state index is 12.9. The maximum Gasteiger partial charge on any atom is 0.306 e. The van der Waals surface area contributed by atoms with E-state index in [9.17, 15) is 14.4 Å². The standard InChI is InChI=1S/C71H120O6/c1-4-7-10-13-16-19-22-25-28-31-33-34-35-36-38-40-43-46-49-52-55-58-61-64-70(73)76-67-68(66-75-69(72)63-60-57-54-51-48-45-42-39-30-27-24-21-18-15-12-9-6-3)77-71(74)65-62-59-56-53-50-47-44-41-37-32-29-26-23-20-17-14-11-8-5-2/h9,12,17-18,20-22,25-27,29-31,33,37,41-42,45,68H,4-8,10-11,13-16,19,23-24,28,32,34-36,38-40,43-44,46-67H2,1-3H3/b12-9-,20-17-,21-18-,25-22-,29-26-,30-27-,33-31-,41-37-,45-42-. The average molecular weight is 1070 g/mol. The first kappa shape index (κ1) is 73.1. The number of hydrogen-bond donors (Lipinski definition) is 0. The van der Waals surface area contributed by atoms with Gasteiger partial charge in [-0.15, -0.1) is 0 Å². The van der Waals surface area contributed by atoms with Crippen molar-refractivity contribution in [3.05, 3.63) is 109 Å². The number of carbonyl (C=O) groups is 3. The monoisotopic (exact) mass is 1070 g/mol. The lowest BCUT2D eigenvalue weighted by molar-refractivity contribution is -0.167. The second kappa shape index (κ2) is 64.6. The summed E-state index contributed by atoms with van der Waals surface area (Å²) in [5.74, 6) is -0.925. The lowest BCUT2D eigenvalue weighted by atomic mass is 10.0. The van der Waals surface area contributed by atoms with E-state index in [1.165, 1.54) is 135 Å². The first-order valence-corrected chi connectivity index (χ1v) is 32.4. The highest BCUT2D eigenvalue weighted by Gasteiger charge is 2.19. The van der Waals surface area contributed by atoms with Gasteiger partial charge in [-0.1, -0.05) is 265 Å². The van der Waals surface area contributed by atoms with Gasteiger partial charge in [0, 0.05) is 19.3 Å². The van der Waals surface area contributed by atoms with E-state index >= 15 is 0 Å². The molecule has 0 aromatic carbocycles. The van der Waals surface area contributed by atoms with Gasteiger partial charge >= 0.3 is 17.9 Å². The van der Waals surface area contributed by atoms with Gasteiger partial charge in [-0.2, -0.15) is 0 Å². The third-order valence-electron chi connectivity index (χ3n) is 13.7. The van der Waals surface area contributed by atoms with E-state index in [0.29, 0.717) is 19.3 Å². The van der Waals surface area contributed by atoms with Gasteiger partial charge in [-0.25, -0.2) is 0 Å². The number of carbonyl (C=O) groups excluding carboxylic acids is 3.